The zero-order valence-corrected chi connectivity index (χ0v) is 15.5. The van der Waals surface area contributed by atoms with Crippen LogP contribution in [-0.4, -0.2) is 15.8 Å². The fourth-order valence-corrected chi connectivity index (χ4v) is 3.38. The van der Waals surface area contributed by atoms with E-state index in [1.165, 1.54) is 11.3 Å². The molecule has 0 aliphatic carbocycles. The van der Waals surface area contributed by atoms with Crippen molar-refractivity contribution in [1.82, 2.24) is 9.97 Å². The first-order valence-electron chi connectivity index (χ1n) is 8.51. The van der Waals surface area contributed by atoms with E-state index in [1.54, 1.807) is 24.4 Å². The number of nitrogens with two attached hydrogens (primary N) is 1. The van der Waals surface area contributed by atoms with Crippen molar-refractivity contribution in [1.29, 1.82) is 0 Å². The number of carbonyl (C=O) groups is 1. The average molecular weight is 388 g/mol. The normalized spacial score (nSPS) is 10.4. The predicted molar refractivity (Wildman–Crippen MR) is 110 cm³/mol. The van der Waals surface area contributed by atoms with Crippen LogP contribution in [0.4, 0.5) is 16.6 Å². The van der Waals surface area contributed by atoms with Crippen molar-refractivity contribution in [3.63, 3.8) is 0 Å². The zero-order chi connectivity index (χ0) is 19.3. The third kappa shape index (κ3) is 3.99. The highest BCUT2D eigenvalue weighted by Gasteiger charge is 2.18. The lowest BCUT2D eigenvalue weighted by molar-refractivity contribution is 0.104. The zero-order valence-electron chi connectivity index (χ0n) is 14.7. The molecule has 0 radical (unpaired) electrons. The molecule has 0 atom stereocenters. The van der Waals surface area contributed by atoms with Gasteiger partial charge in [0.1, 0.15) is 16.4 Å². The summed E-state index contributed by atoms with van der Waals surface area (Å²) in [5.74, 6) is 1.26. The molecule has 0 bridgehead atoms. The minimum Gasteiger partial charge on any atom is -0.439 e. The van der Waals surface area contributed by atoms with Crippen molar-refractivity contribution >= 4 is 33.8 Å². The van der Waals surface area contributed by atoms with Crippen LogP contribution in [-0.2, 0) is 0 Å². The SMILES string of the molecule is Nc1nc(Nc2ccc(Oc3ccccc3)nc2)sc1C(=O)c1ccccc1. The number of ether oxygens (including phenoxy) is 1. The summed E-state index contributed by atoms with van der Waals surface area (Å²) in [4.78, 5) is 21.5. The van der Waals surface area contributed by atoms with Crippen LogP contribution in [0.25, 0.3) is 0 Å². The number of para-hydroxylation sites is 1. The van der Waals surface area contributed by atoms with Crippen molar-refractivity contribution < 1.29 is 9.53 Å². The predicted octanol–water partition coefficient (Wildman–Crippen LogP) is 4.89. The quantitative estimate of drug-likeness (QED) is 0.457. The molecule has 0 unspecified atom stereocenters. The van der Waals surface area contributed by atoms with Crippen LogP contribution in [0.5, 0.6) is 11.6 Å². The number of thiazole rings is 1. The molecule has 0 saturated carbocycles. The van der Waals surface area contributed by atoms with Crippen LogP contribution in [0.2, 0.25) is 0 Å². The van der Waals surface area contributed by atoms with Crippen molar-refractivity contribution in [2.24, 2.45) is 0 Å². The Balaban J connectivity index is 1.47. The van der Waals surface area contributed by atoms with Gasteiger partial charge in [-0.25, -0.2) is 9.97 Å². The highest BCUT2D eigenvalue weighted by molar-refractivity contribution is 7.18. The van der Waals surface area contributed by atoms with Crippen molar-refractivity contribution in [3.05, 3.63) is 89.4 Å². The molecular weight excluding hydrogens is 372 g/mol. The van der Waals surface area contributed by atoms with Gasteiger partial charge in [0, 0.05) is 11.6 Å². The van der Waals surface area contributed by atoms with E-state index in [0.717, 1.165) is 0 Å². The number of nitrogens with zero attached hydrogens (tertiary/aromatic N) is 2. The molecule has 0 spiro atoms. The summed E-state index contributed by atoms with van der Waals surface area (Å²) in [6.07, 6.45) is 1.63. The Labute approximate surface area is 165 Å². The number of benzene rings is 2. The number of carbonyl (C=O) groups excluding carboxylic acids is 1. The summed E-state index contributed by atoms with van der Waals surface area (Å²) in [5, 5.41) is 3.64. The molecule has 2 aromatic carbocycles. The van der Waals surface area contributed by atoms with Gasteiger partial charge in [-0.15, -0.1) is 0 Å². The number of ketones is 1. The second-order valence-corrected chi connectivity index (χ2v) is 6.85. The first-order chi connectivity index (χ1) is 13.7. The van der Waals surface area contributed by atoms with E-state index in [1.807, 2.05) is 54.6 Å². The Kier molecular flexibility index (Phi) is 4.99. The van der Waals surface area contributed by atoms with E-state index in [9.17, 15) is 4.79 Å². The first-order valence-corrected chi connectivity index (χ1v) is 9.33. The van der Waals surface area contributed by atoms with E-state index in [-0.39, 0.29) is 11.6 Å². The molecule has 7 heteroatoms. The number of pyridine rings is 1. The van der Waals surface area contributed by atoms with Crippen LogP contribution in [0.1, 0.15) is 15.2 Å². The molecular formula is C21H16N4O2S. The van der Waals surface area contributed by atoms with Gasteiger partial charge < -0.3 is 15.8 Å². The lowest BCUT2D eigenvalue weighted by atomic mass is 10.1. The second kappa shape index (κ2) is 7.89. The van der Waals surface area contributed by atoms with E-state index < -0.39 is 0 Å². The summed E-state index contributed by atoms with van der Waals surface area (Å²) in [6, 6.07) is 22.0. The smallest absolute Gasteiger partial charge is 0.219 e. The van der Waals surface area contributed by atoms with Crippen LogP contribution in [0, 0.1) is 0 Å². The molecule has 4 aromatic rings. The Morgan fingerprint density at radius 2 is 1.68 bits per heavy atom. The van der Waals surface area contributed by atoms with E-state index in [4.69, 9.17) is 10.5 Å². The standard InChI is InChI=1S/C21H16N4O2S/c22-20-19(18(26)14-7-3-1-4-8-14)28-21(25-20)24-15-11-12-17(23-13-15)27-16-9-5-2-6-10-16/h1-13H,22H2,(H,24,25). The largest absolute Gasteiger partial charge is 0.439 e. The molecule has 0 amide bonds. The highest BCUT2D eigenvalue weighted by Crippen LogP contribution is 2.30. The van der Waals surface area contributed by atoms with Crippen molar-refractivity contribution in [2.75, 3.05) is 11.1 Å². The maximum atomic E-state index is 12.6. The Morgan fingerprint density at radius 1 is 0.964 bits per heavy atom. The number of anilines is 3. The van der Waals surface area contributed by atoms with Gasteiger partial charge in [0.25, 0.3) is 0 Å². The Morgan fingerprint density at radius 3 is 2.36 bits per heavy atom. The Bertz CT molecular complexity index is 1080. The number of rotatable bonds is 6. The molecule has 138 valence electrons. The molecule has 0 fully saturated rings. The van der Waals surface area contributed by atoms with Gasteiger partial charge in [-0.05, 0) is 18.2 Å². The number of aromatic nitrogens is 2. The van der Waals surface area contributed by atoms with Crippen LogP contribution >= 0.6 is 11.3 Å². The molecule has 0 saturated heterocycles. The first kappa shape index (κ1) is 17.7. The fourth-order valence-electron chi connectivity index (χ4n) is 2.52. The third-order valence-electron chi connectivity index (χ3n) is 3.85. The molecule has 4 rings (SSSR count). The summed E-state index contributed by atoms with van der Waals surface area (Å²) < 4.78 is 5.67. The molecule has 28 heavy (non-hydrogen) atoms. The van der Waals surface area contributed by atoms with Crippen LogP contribution in [0.15, 0.2) is 79.0 Å². The topological polar surface area (TPSA) is 90.1 Å². The van der Waals surface area contributed by atoms with Crippen molar-refractivity contribution in [3.8, 4) is 11.6 Å². The molecule has 0 aliphatic rings. The van der Waals surface area contributed by atoms with Gasteiger partial charge in [-0.1, -0.05) is 59.9 Å². The number of nitrogen functional groups attached to an aromatic ring is 1. The highest BCUT2D eigenvalue weighted by atomic mass is 32.1. The van der Waals surface area contributed by atoms with Gasteiger partial charge >= 0.3 is 0 Å². The molecule has 2 heterocycles. The Hall–Kier alpha value is -3.71. The average Bonchev–Trinajstić information content (AvgIpc) is 3.10. The summed E-state index contributed by atoms with van der Waals surface area (Å²) in [5.41, 5.74) is 7.24. The number of nitrogens with one attached hydrogen (secondary N) is 1. The number of hydrogen-bond donors (Lipinski definition) is 2. The van der Waals surface area contributed by atoms with Gasteiger partial charge in [-0.2, -0.15) is 0 Å². The summed E-state index contributed by atoms with van der Waals surface area (Å²) >= 11 is 1.21. The molecule has 3 N–H and O–H groups in total. The van der Waals surface area contributed by atoms with Gasteiger partial charge in [0.15, 0.2) is 5.13 Å². The van der Waals surface area contributed by atoms with E-state index in [0.29, 0.717) is 32.9 Å². The fraction of sp³-hybridized carbons (Fsp3) is 0. The lowest BCUT2D eigenvalue weighted by Crippen LogP contribution is -2.02. The maximum Gasteiger partial charge on any atom is 0.219 e. The second-order valence-electron chi connectivity index (χ2n) is 5.85. The van der Waals surface area contributed by atoms with Crippen molar-refractivity contribution in [2.45, 2.75) is 0 Å². The lowest BCUT2D eigenvalue weighted by Gasteiger charge is -2.06. The van der Waals surface area contributed by atoms with Gasteiger partial charge in [0.2, 0.25) is 11.7 Å². The van der Waals surface area contributed by atoms with Crippen LogP contribution < -0.4 is 15.8 Å². The monoisotopic (exact) mass is 388 g/mol. The minimum absolute atomic E-state index is 0.145. The van der Waals surface area contributed by atoms with E-state index in [2.05, 4.69) is 15.3 Å². The van der Waals surface area contributed by atoms with Gasteiger partial charge in [0.05, 0.1) is 11.9 Å². The molecule has 6 nitrogen and oxygen atoms in total. The van der Waals surface area contributed by atoms with E-state index >= 15 is 0 Å². The summed E-state index contributed by atoms with van der Waals surface area (Å²) in [7, 11) is 0. The van der Waals surface area contributed by atoms with Gasteiger partial charge in [-0.3, -0.25) is 4.79 Å². The molecule has 2 aromatic heterocycles. The maximum absolute atomic E-state index is 12.6. The summed E-state index contributed by atoms with van der Waals surface area (Å²) in [6.45, 7) is 0. The van der Waals surface area contributed by atoms with Crippen LogP contribution in [0.3, 0.4) is 0 Å². The number of hydrogen-bond acceptors (Lipinski definition) is 7. The third-order valence-corrected chi connectivity index (χ3v) is 4.83. The minimum atomic E-state index is -0.145. The molecule has 0 aliphatic heterocycles.